The third-order valence-corrected chi connectivity index (χ3v) is 4.64. The maximum atomic E-state index is 13.7. The van der Waals surface area contributed by atoms with Crippen LogP contribution in [0.3, 0.4) is 0 Å². The number of H-pyrrole nitrogens is 1. The second-order valence-corrected chi connectivity index (χ2v) is 6.29. The number of benzene rings is 2. The molecule has 1 aromatic heterocycles. The first kappa shape index (κ1) is 14.3. The van der Waals surface area contributed by atoms with E-state index in [0.717, 1.165) is 23.1 Å². The summed E-state index contributed by atoms with van der Waals surface area (Å²) in [5.74, 6) is -0.847. The fourth-order valence-corrected chi connectivity index (χ4v) is 3.49. The number of carbonyl (C=O) groups excluding carboxylic acids is 1. The van der Waals surface area contributed by atoms with Gasteiger partial charge in [-0.25, -0.2) is 4.39 Å². The number of nitrogens with zero attached hydrogens (tertiary/aromatic N) is 1. The number of aromatic amines is 1. The van der Waals surface area contributed by atoms with E-state index in [2.05, 4.69) is 36.8 Å². The standard InChI is InChI=1S/C16H12BrFN4O/c17-14-4-10(1-8-5-19-6-12(8)14)21-16(23)11-2-9(18)3-15-13(11)7-20-22-15/h1-4,7,19H,5-6H2,(H,20,22)(H,21,23). The second-order valence-electron chi connectivity index (χ2n) is 5.44. The van der Waals surface area contributed by atoms with Crippen LogP contribution in [0, 0.1) is 5.82 Å². The average molecular weight is 375 g/mol. The molecular weight excluding hydrogens is 363 g/mol. The summed E-state index contributed by atoms with van der Waals surface area (Å²) < 4.78 is 14.6. The molecule has 0 bridgehead atoms. The van der Waals surface area contributed by atoms with Gasteiger partial charge in [0.25, 0.3) is 5.91 Å². The Morgan fingerprint density at radius 2 is 2.13 bits per heavy atom. The zero-order valence-electron chi connectivity index (χ0n) is 11.9. The summed E-state index contributed by atoms with van der Waals surface area (Å²) in [6.45, 7) is 1.58. The van der Waals surface area contributed by atoms with E-state index >= 15 is 0 Å². The van der Waals surface area contributed by atoms with Gasteiger partial charge in [0.1, 0.15) is 5.82 Å². The first-order valence-electron chi connectivity index (χ1n) is 7.08. The molecule has 0 atom stereocenters. The zero-order valence-corrected chi connectivity index (χ0v) is 13.5. The molecule has 1 aliphatic rings. The Balaban J connectivity index is 1.70. The summed E-state index contributed by atoms with van der Waals surface area (Å²) in [6.07, 6.45) is 1.52. The highest BCUT2D eigenvalue weighted by molar-refractivity contribution is 9.10. The van der Waals surface area contributed by atoms with E-state index in [-0.39, 0.29) is 11.5 Å². The Morgan fingerprint density at radius 3 is 3.00 bits per heavy atom. The number of fused-ring (bicyclic) bond motifs is 2. The lowest BCUT2D eigenvalue weighted by Crippen LogP contribution is -2.13. The van der Waals surface area contributed by atoms with Crippen LogP contribution < -0.4 is 10.6 Å². The molecule has 0 unspecified atom stereocenters. The molecule has 2 heterocycles. The van der Waals surface area contributed by atoms with Gasteiger partial charge < -0.3 is 10.6 Å². The van der Waals surface area contributed by atoms with Crippen molar-refractivity contribution in [3.05, 3.63) is 57.4 Å². The van der Waals surface area contributed by atoms with Crippen molar-refractivity contribution < 1.29 is 9.18 Å². The van der Waals surface area contributed by atoms with Gasteiger partial charge in [-0.3, -0.25) is 9.89 Å². The fourth-order valence-electron chi connectivity index (χ4n) is 2.85. The van der Waals surface area contributed by atoms with Gasteiger partial charge in [0.2, 0.25) is 0 Å². The smallest absolute Gasteiger partial charge is 0.256 e. The fraction of sp³-hybridized carbons (Fsp3) is 0.125. The van der Waals surface area contributed by atoms with E-state index in [9.17, 15) is 9.18 Å². The lowest BCUT2D eigenvalue weighted by Gasteiger charge is -2.10. The Hall–Kier alpha value is -2.25. The predicted molar refractivity (Wildman–Crippen MR) is 88.7 cm³/mol. The SMILES string of the molecule is O=C(Nc1cc(Br)c2c(c1)CNC2)c1cc(F)cc2[nH]ncc12. The molecule has 0 radical (unpaired) electrons. The van der Waals surface area contributed by atoms with Crippen LogP contribution in [0.5, 0.6) is 0 Å². The molecule has 5 nitrogen and oxygen atoms in total. The number of nitrogens with one attached hydrogen (secondary N) is 3. The van der Waals surface area contributed by atoms with Crippen LogP contribution in [0.4, 0.5) is 10.1 Å². The van der Waals surface area contributed by atoms with Gasteiger partial charge in [-0.15, -0.1) is 0 Å². The molecular formula is C16H12BrFN4O. The third-order valence-electron chi connectivity index (χ3n) is 3.93. The van der Waals surface area contributed by atoms with Crippen LogP contribution in [0.2, 0.25) is 0 Å². The number of amides is 1. The minimum Gasteiger partial charge on any atom is -0.322 e. The average Bonchev–Trinajstić information content (AvgIpc) is 3.14. The van der Waals surface area contributed by atoms with Crippen molar-refractivity contribution in [2.75, 3.05) is 5.32 Å². The monoisotopic (exact) mass is 374 g/mol. The molecule has 0 aliphatic carbocycles. The molecule has 0 saturated carbocycles. The summed E-state index contributed by atoms with van der Waals surface area (Å²) >= 11 is 3.52. The number of halogens is 2. The van der Waals surface area contributed by atoms with Gasteiger partial charge in [-0.2, -0.15) is 5.10 Å². The Kier molecular flexibility index (Phi) is 3.39. The topological polar surface area (TPSA) is 69.8 Å². The molecule has 1 amide bonds. The van der Waals surface area contributed by atoms with Crippen LogP contribution >= 0.6 is 15.9 Å². The Morgan fingerprint density at radius 1 is 1.26 bits per heavy atom. The minimum atomic E-state index is -0.480. The number of hydrogen-bond acceptors (Lipinski definition) is 3. The molecule has 3 aromatic rings. The van der Waals surface area contributed by atoms with Gasteiger partial charge in [-0.1, -0.05) is 15.9 Å². The highest BCUT2D eigenvalue weighted by atomic mass is 79.9. The van der Waals surface area contributed by atoms with Crippen LogP contribution in [0.15, 0.2) is 34.9 Å². The van der Waals surface area contributed by atoms with Crippen LogP contribution in [-0.2, 0) is 13.1 Å². The van der Waals surface area contributed by atoms with Crippen LogP contribution in [-0.4, -0.2) is 16.1 Å². The summed E-state index contributed by atoms with van der Waals surface area (Å²) in [7, 11) is 0. The van der Waals surface area contributed by atoms with Crippen molar-refractivity contribution >= 4 is 38.4 Å². The van der Waals surface area contributed by atoms with Gasteiger partial charge in [0.05, 0.1) is 17.3 Å². The molecule has 3 N–H and O–H groups in total. The molecule has 116 valence electrons. The highest BCUT2D eigenvalue weighted by Gasteiger charge is 2.17. The first-order chi connectivity index (χ1) is 11.1. The number of aromatic nitrogens is 2. The molecule has 7 heteroatoms. The summed E-state index contributed by atoms with van der Waals surface area (Å²) in [5.41, 5.74) is 3.76. The molecule has 1 aliphatic heterocycles. The van der Waals surface area contributed by atoms with Crippen LogP contribution in [0.1, 0.15) is 21.5 Å². The van der Waals surface area contributed by atoms with E-state index in [1.54, 1.807) is 0 Å². The molecule has 2 aromatic carbocycles. The number of rotatable bonds is 2. The maximum absolute atomic E-state index is 13.7. The number of hydrogen-bond donors (Lipinski definition) is 3. The van der Waals surface area contributed by atoms with Gasteiger partial charge >= 0.3 is 0 Å². The molecule has 0 spiro atoms. The lowest BCUT2D eigenvalue weighted by atomic mass is 10.1. The molecule has 0 saturated heterocycles. The zero-order chi connectivity index (χ0) is 16.0. The van der Waals surface area contributed by atoms with Gasteiger partial charge in [0.15, 0.2) is 0 Å². The minimum absolute atomic E-state index is 0.253. The summed E-state index contributed by atoms with van der Waals surface area (Å²) in [4.78, 5) is 12.5. The molecule has 0 fully saturated rings. The van der Waals surface area contributed by atoms with E-state index < -0.39 is 5.82 Å². The van der Waals surface area contributed by atoms with Crippen molar-refractivity contribution in [1.29, 1.82) is 0 Å². The van der Waals surface area contributed by atoms with Gasteiger partial charge in [-0.05, 0) is 35.4 Å². The van der Waals surface area contributed by atoms with E-state index in [1.807, 2.05) is 12.1 Å². The van der Waals surface area contributed by atoms with Crippen molar-refractivity contribution in [3.63, 3.8) is 0 Å². The van der Waals surface area contributed by atoms with E-state index in [4.69, 9.17) is 0 Å². The summed E-state index contributed by atoms with van der Waals surface area (Å²) in [6, 6.07) is 6.33. The summed E-state index contributed by atoms with van der Waals surface area (Å²) in [5, 5.41) is 13.2. The van der Waals surface area contributed by atoms with Crippen molar-refractivity contribution in [1.82, 2.24) is 15.5 Å². The normalized spacial score (nSPS) is 13.3. The number of anilines is 1. The predicted octanol–water partition coefficient (Wildman–Crippen LogP) is 3.32. The van der Waals surface area contributed by atoms with Gasteiger partial charge in [0, 0.05) is 28.6 Å². The van der Waals surface area contributed by atoms with Crippen molar-refractivity contribution in [3.8, 4) is 0 Å². The Labute approximate surface area is 139 Å². The highest BCUT2D eigenvalue weighted by Crippen LogP contribution is 2.29. The largest absolute Gasteiger partial charge is 0.322 e. The van der Waals surface area contributed by atoms with Crippen molar-refractivity contribution in [2.45, 2.75) is 13.1 Å². The van der Waals surface area contributed by atoms with E-state index in [1.165, 1.54) is 23.9 Å². The first-order valence-corrected chi connectivity index (χ1v) is 7.87. The van der Waals surface area contributed by atoms with Crippen molar-refractivity contribution in [2.24, 2.45) is 0 Å². The third kappa shape index (κ3) is 2.51. The van der Waals surface area contributed by atoms with Crippen LogP contribution in [0.25, 0.3) is 10.9 Å². The molecule has 4 rings (SSSR count). The van der Waals surface area contributed by atoms with E-state index in [0.29, 0.717) is 16.6 Å². The number of carbonyl (C=O) groups is 1. The maximum Gasteiger partial charge on any atom is 0.256 e. The Bertz CT molecular complexity index is 937. The lowest BCUT2D eigenvalue weighted by molar-refractivity contribution is 0.102. The quantitative estimate of drug-likeness (QED) is 0.644. The second kappa shape index (κ2) is 5.43. The molecule has 23 heavy (non-hydrogen) atoms.